The van der Waals surface area contributed by atoms with Crippen molar-refractivity contribution in [1.82, 2.24) is 15.0 Å². The van der Waals surface area contributed by atoms with Crippen LogP contribution >= 0.6 is 0 Å². The number of benzene rings is 1. The molecule has 0 radical (unpaired) electrons. The molecule has 1 heterocycles. The summed E-state index contributed by atoms with van der Waals surface area (Å²) < 4.78 is 5.51. The predicted octanol–water partition coefficient (Wildman–Crippen LogP) is 0.657. The Hall–Kier alpha value is -2.57. The lowest BCUT2D eigenvalue weighted by Crippen LogP contribution is -2.09. The quantitative estimate of drug-likeness (QED) is 0.726. The fraction of sp³-hybridized carbons (Fsp3) is 0.182. The Bertz CT molecular complexity index is 507. The molecule has 0 amide bonds. The summed E-state index contributed by atoms with van der Waals surface area (Å²) in [5, 5.41) is 3.02. The second-order valence-corrected chi connectivity index (χ2v) is 3.53. The number of hydrogen-bond acceptors (Lipinski definition) is 7. The summed E-state index contributed by atoms with van der Waals surface area (Å²) in [7, 11) is 1.85. The van der Waals surface area contributed by atoms with E-state index in [2.05, 4.69) is 20.3 Å². The lowest BCUT2D eigenvalue weighted by Gasteiger charge is -2.06. The van der Waals surface area contributed by atoms with Crippen molar-refractivity contribution in [3.8, 4) is 5.75 Å². The molecule has 7 nitrogen and oxygen atoms in total. The highest BCUT2D eigenvalue weighted by atomic mass is 16.5. The summed E-state index contributed by atoms with van der Waals surface area (Å²) >= 11 is 0. The maximum Gasteiger partial charge on any atom is 0.225 e. The van der Waals surface area contributed by atoms with Crippen LogP contribution in [0.25, 0.3) is 0 Å². The normalized spacial score (nSPS) is 10.1. The van der Waals surface area contributed by atoms with E-state index in [-0.39, 0.29) is 18.5 Å². The van der Waals surface area contributed by atoms with Gasteiger partial charge in [0.15, 0.2) is 5.82 Å². The van der Waals surface area contributed by atoms with Crippen LogP contribution in [0.4, 0.5) is 17.6 Å². The molecule has 0 aliphatic heterocycles. The number of ether oxygens (including phenoxy) is 1. The second-order valence-electron chi connectivity index (χ2n) is 3.53. The molecule has 18 heavy (non-hydrogen) atoms. The highest BCUT2D eigenvalue weighted by Gasteiger charge is 2.03. The number of nitrogens with two attached hydrogens (primary N) is 2. The zero-order valence-corrected chi connectivity index (χ0v) is 9.92. The molecule has 0 saturated carbocycles. The lowest BCUT2D eigenvalue weighted by atomic mass is 10.3. The topological polar surface area (TPSA) is 112 Å². The molecule has 0 spiro atoms. The van der Waals surface area contributed by atoms with Crippen LogP contribution in [-0.2, 0) is 6.61 Å². The first kappa shape index (κ1) is 11.9. The highest BCUT2D eigenvalue weighted by molar-refractivity contribution is 5.45. The van der Waals surface area contributed by atoms with Gasteiger partial charge in [-0.25, -0.2) is 0 Å². The molecule has 2 rings (SSSR count). The maximum atomic E-state index is 5.51. The fourth-order valence-corrected chi connectivity index (χ4v) is 1.39. The van der Waals surface area contributed by atoms with Crippen molar-refractivity contribution >= 4 is 17.6 Å². The predicted molar refractivity (Wildman–Crippen MR) is 69.0 cm³/mol. The first-order valence-corrected chi connectivity index (χ1v) is 5.34. The van der Waals surface area contributed by atoms with E-state index in [0.717, 1.165) is 5.69 Å². The summed E-state index contributed by atoms with van der Waals surface area (Å²) in [6.45, 7) is 0.190. The number of nitrogens with one attached hydrogen (secondary N) is 1. The lowest BCUT2D eigenvalue weighted by molar-refractivity contribution is 0.296. The van der Waals surface area contributed by atoms with Gasteiger partial charge in [-0.15, -0.1) is 0 Å². The smallest absolute Gasteiger partial charge is 0.225 e. The van der Waals surface area contributed by atoms with Crippen LogP contribution in [0.1, 0.15) is 5.82 Å². The number of nitrogen functional groups attached to an aromatic ring is 2. The van der Waals surface area contributed by atoms with Gasteiger partial charge in [0.05, 0.1) is 0 Å². The average molecular weight is 246 g/mol. The van der Waals surface area contributed by atoms with Crippen molar-refractivity contribution in [2.24, 2.45) is 0 Å². The minimum atomic E-state index is 0.0895. The van der Waals surface area contributed by atoms with Gasteiger partial charge in [0.2, 0.25) is 11.9 Å². The van der Waals surface area contributed by atoms with Gasteiger partial charge < -0.3 is 21.5 Å². The summed E-state index contributed by atoms with van der Waals surface area (Å²) in [6.07, 6.45) is 0. The molecule has 0 unspecified atom stereocenters. The summed E-state index contributed by atoms with van der Waals surface area (Å²) in [5.41, 5.74) is 11.9. The zero-order chi connectivity index (χ0) is 13.0. The summed E-state index contributed by atoms with van der Waals surface area (Å²) in [5.74, 6) is 1.29. The van der Waals surface area contributed by atoms with E-state index in [0.29, 0.717) is 11.6 Å². The average Bonchev–Trinajstić information content (AvgIpc) is 2.36. The van der Waals surface area contributed by atoms with Crippen molar-refractivity contribution in [3.63, 3.8) is 0 Å². The molecular formula is C11H14N6O. The second kappa shape index (κ2) is 5.17. The number of rotatable bonds is 4. The third-order valence-corrected chi connectivity index (χ3v) is 2.23. The number of aromatic nitrogens is 3. The monoisotopic (exact) mass is 246 g/mol. The molecule has 0 saturated heterocycles. The van der Waals surface area contributed by atoms with Gasteiger partial charge in [-0.1, -0.05) is 0 Å². The van der Waals surface area contributed by atoms with Gasteiger partial charge >= 0.3 is 0 Å². The van der Waals surface area contributed by atoms with E-state index >= 15 is 0 Å². The van der Waals surface area contributed by atoms with Crippen molar-refractivity contribution in [2.45, 2.75) is 6.61 Å². The molecule has 1 aromatic carbocycles. The van der Waals surface area contributed by atoms with Gasteiger partial charge in [0, 0.05) is 12.7 Å². The largest absolute Gasteiger partial charge is 0.486 e. The van der Waals surface area contributed by atoms with Crippen LogP contribution in [0.2, 0.25) is 0 Å². The molecule has 0 aliphatic carbocycles. The molecule has 0 atom stereocenters. The Morgan fingerprint density at radius 2 is 1.67 bits per heavy atom. The Labute approximate surface area is 104 Å². The zero-order valence-electron chi connectivity index (χ0n) is 9.92. The van der Waals surface area contributed by atoms with Gasteiger partial charge in [-0.05, 0) is 24.3 Å². The molecule has 0 aliphatic rings. The Kier molecular flexibility index (Phi) is 3.42. The van der Waals surface area contributed by atoms with E-state index in [1.165, 1.54) is 0 Å². The number of nitrogens with zero attached hydrogens (tertiary/aromatic N) is 3. The van der Waals surface area contributed by atoms with Gasteiger partial charge in [0.25, 0.3) is 0 Å². The van der Waals surface area contributed by atoms with E-state index in [4.69, 9.17) is 16.2 Å². The summed E-state index contributed by atoms with van der Waals surface area (Å²) in [4.78, 5) is 11.5. The molecule has 7 heteroatoms. The van der Waals surface area contributed by atoms with Crippen LogP contribution in [0, 0.1) is 0 Å². The van der Waals surface area contributed by atoms with Crippen LogP contribution in [0.3, 0.4) is 0 Å². The fourth-order valence-electron chi connectivity index (χ4n) is 1.39. The van der Waals surface area contributed by atoms with Crippen LogP contribution in [-0.4, -0.2) is 22.0 Å². The highest BCUT2D eigenvalue weighted by Crippen LogP contribution is 2.16. The van der Waals surface area contributed by atoms with E-state index in [1.807, 2.05) is 31.3 Å². The molecule has 0 bridgehead atoms. The molecule has 94 valence electrons. The maximum absolute atomic E-state index is 5.51. The first-order valence-electron chi connectivity index (χ1n) is 5.34. The Balaban J connectivity index is 2.01. The molecule has 5 N–H and O–H groups in total. The van der Waals surface area contributed by atoms with Gasteiger partial charge in [0.1, 0.15) is 12.4 Å². The van der Waals surface area contributed by atoms with Crippen molar-refractivity contribution in [2.75, 3.05) is 23.8 Å². The van der Waals surface area contributed by atoms with Crippen molar-refractivity contribution in [3.05, 3.63) is 30.1 Å². The van der Waals surface area contributed by atoms with Crippen molar-refractivity contribution in [1.29, 1.82) is 0 Å². The van der Waals surface area contributed by atoms with E-state index in [1.54, 1.807) is 0 Å². The molecule has 0 fully saturated rings. The van der Waals surface area contributed by atoms with Crippen LogP contribution in [0.15, 0.2) is 24.3 Å². The molecule has 1 aromatic heterocycles. The molecular weight excluding hydrogens is 232 g/mol. The Morgan fingerprint density at radius 3 is 2.22 bits per heavy atom. The number of anilines is 3. The van der Waals surface area contributed by atoms with Crippen molar-refractivity contribution < 1.29 is 4.74 Å². The van der Waals surface area contributed by atoms with E-state index < -0.39 is 0 Å². The summed E-state index contributed by atoms with van der Waals surface area (Å²) in [6, 6.07) is 7.51. The Morgan fingerprint density at radius 1 is 1.06 bits per heavy atom. The first-order chi connectivity index (χ1) is 8.67. The molecule has 2 aromatic rings. The van der Waals surface area contributed by atoms with Gasteiger partial charge in [-0.2, -0.15) is 15.0 Å². The van der Waals surface area contributed by atoms with E-state index in [9.17, 15) is 0 Å². The minimum Gasteiger partial charge on any atom is -0.486 e. The number of hydrogen-bond donors (Lipinski definition) is 3. The van der Waals surface area contributed by atoms with Gasteiger partial charge in [-0.3, -0.25) is 0 Å². The van der Waals surface area contributed by atoms with Crippen LogP contribution < -0.4 is 21.5 Å². The third-order valence-electron chi connectivity index (χ3n) is 2.23. The third kappa shape index (κ3) is 2.97. The van der Waals surface area contributed by atoms with Crippen LogP contribution in [0.5, 0.6) is 5.75 Å². The standard InChI is InChI=1S/C11H14N6O/c1-14-7-2-4-8(5-3-7)18-6-9-15-10(12)17-11(13)16-9/h2-5,14H,6H2,1H3,(H4,12,13,15,16,17). The SMILES string of the molecule is CNc1ccc(OCc2nc(N)nc(N)n2)cc1. The minimum absolute atomic E-state index is 0.0895.